The van der Waals surface area contributed by atoms with Gasteiger partial charge in [0.05, 0.1) is 19.1 Å². The van der Waals surface area contributed by atoms with Crippen LogP contribution in [0.1, 0.15) is 15.9 Å². The molecule has 1 heterocycles. The molecule has 2 aromatic carbocycles. The van der Waals surface area contributed by atoms with E-state index < -0.39 is 16.9 Å². The molecule has 1 amide bonds. The molecule has 3 rings (SSSR count). The van der Waals surface area contributed by atoms with Gasteiger partial charge in [0.15, 0.2) is 0 Å². The van der Waals surface area contributed by atoms with Crippen LogP contribution in [0.15, 0.2) is 42.5 Å². The van der Waals surface area contributed by atoms with E-state index in [9.17, 15) is 14.9 Å². The molecule has 0 spiro atoms. The number of aliphatic carboxylic acids is 2. The van der Waals surface area contributed by atoms with Crippen molar-refractivity contribution in [3.63, 3.8) is 0 Å². The molecule has 12 heteroatoms. The predicted molar refractivity (Wildman–Crippen MR) is 119 cm³/mol. The number of benzene rings is 2. The number of carbonyl (C=O) groups is 3. The average molecular weight is 475 g/mol. The summed E-state index contributed by atoms with van der Waals surface area (Å²) in [4.78, 5) is 45.1. The molecule has 1 aliphatic rings. The molecule has 1 aliphatic heterocycles. The molecule has 0 unspecified atom stereocenters. The van der Waals surface area contributed by atoms with Crippen LogP contribution in [0, 0.1) is 10.1 Å². The lowest BCUT2D eigenvalue weighted by Gasteiger charge is -2.35. The highest BCUT2D eigenvalue weighted by Crippen LogP contribution is 2.26. The third-order valence-corrected chi connectivity index (χ3v) is 5.06. The molecule has 2 N–H and O–H groups in total. The number of piperazine rings is 1. The van der Waals surface area contributed by atoms with Gasteiger partial charge < -0.3 is 24.6 Å². The third-order valence-electron chi connectivity index (χ3n) is 5.06. The van der Waals surface area contributed by atoms with Gasteiger partial charge in [-0.2, -0.15) is 0 Å². The van der Waals surface area contributed by atoms with E-state index in [1.165, 1.54) is 24.3 Å². The van der Waals surface area contributed by atoms with Gasteiger partial charge >= 0.3 is 11.9 Å². The first-order chi connectivity index (χ1) is 16.2. The number of non-ortho nitro benzene ring substituents is 1. The Bertz CT molecular complexity index is 1020. The molecular formula is C22H25N3O9. The van der Waals surface area contributed by atoms with Gasteiger partial charge in [0.2, 0.25) is 0 Å². The van der Waals surface area contributed by atoms with Gasteiger partial charge in [0.1, 0.15) is 11.5 Å². The van der Waals surface area contributed by atoms with Crippen molar-refractivity contribution < 1.29 is 39.0 Å². The van der Waals surface area contributed by atoms with E-state index in [1.807, 2.05) is 18.2 Å². The van der Waals surface area contributed by atoms with Crippen LogP contribution in [0.25, 0.3) is 0 Å². The molecule has 182 valence electrons. The van der Waals surface area contributed by atoms with Crippen molar-refractivity contribution in [2.75, 3.05) is 40.4 Å². The predicted octanol–water partition coefficient (Wildman–Crippen LogP) is 1.73. The number of rotatable bonds is 6. The van der Waals surface area contributed by atoms with Crippen molar-refractivity contribution in [1.29, 1.82) is 0 Å². The SMILES string of the molecule is COc1ccc(CN2CCN(C(=O)c3ccc([N+](=O)[O-])cc3)CC2)c(OC)c1.O=C(O)C(=O)O. The van der Waals surface area contributed by atoms with Crippen LogP contribution in [-0.2, 0) is 16.1 Å². The molecule has 2 aromatic rings. The summed E-state index contributed by atoms with van der Waals surface area (Å²) in [5.41, 5.74) is 1.52. The molecule has 12 nitrogen and oxygen atoms in total. The van der Waals surface area contributed by atoms with Gasteiger partial charge in [0.25, 0.3) is 11.6 Å². The number of amides is 1. The Morgan fingerprint density at radius 2 is 1.53 bits per heavy atom. The normalized spacial score (nSPS) is 13.3. The standard InChI is InChI=1S/C20H23N3O5.C2H2O4/c1-27-18-8-5-16(19(13-18)28-2)14-21-9-11-22(12-10-21)20(24)15-3-6-17(7-4-15)23(25)26;3-1(4)2(5)6/h3-8,13H,9-12,14H2,1-2H3;(H,3,4)(H,5,6). The molecule has 0 aromatic heterocycles. The number of carboxylic acids is 2. The van der Waals surface area contributed by atoms with Gasteiger partial charge in [0, 0.05) is 62.0 Å². The van der Waals surface area contributed by atoms with Crippen molar-refractivity contribution in [1.82, 2.24) is 9.80 Å². The number of ether oxygens (including phenoxy) is 2. The summed E-state index contributed by atoms with van der Waals surface area (Å²) in [7, 11) is 3.26. The van der Waals surface area contributed by atoms with Crippen molar-refractivity contribution in [2.45, 2.75) is 6.54 Å². The molecule has 0 bridgehead atoms. The molecule has 0 radical (unpaired) electrons. The van der Waals surface area contributed by atoms with Gasteiger partial charge in [-0.05, 0) is 18.2 Å². The zero-order valence-corrected chi connectivity index (χ0v) is 18.7. The number of carbonyl (C=O) groups excluding carboxylic acids is 1. The fraction of sp³-hybridized carbons (Fsp3) is 0.318. The first-order valence-electron chi connectivity index (χ1n) is 10.1. The number of carboxylic acid groups (broad SMARTS) is 2. The lowest BCUT2D eigenvalue weighted by Crippen LogP contribution is -2.48. The zero-order chi connectivity index (χ0) is 25.3. The van der Waals surface area contributed by atoms with Gasteiger partial charge in [-0.3, -0.25) is 19.8 Å². The van der Waals surface area contributed by atoms with E-state index >= 15 is 0 Å². The first-order valence-corrected chi connectivity index (χ1v) is 10.1. The Morgan fingerprint density at radius 3 is 2.00 bits per heavy atom. The number of methoxy groups -OCH3 is 2. The average Bonchev–Trinajstić information content (AvgIpc) is 2.84. The van der Waals surface area contributed by atoms with Crippen LogP contribution in [0.5, 0.6) is 11.5 Å². The topological polar surface area (TPSA) is 160 Å². The summed E-state index contributed by atoms with van der Waals surface area (Å²) in [6.07, 6.45) is 0. The fourth-order valence-electron chi connectivity index (χ4n) is 3.24. The van der Waals surface area contributed by atoms with E-state index in [0.717, 1.165) is 36.7 Å². The van der Waals surface area contributed by atoms with Crippen molar-refractivity contribution >= 4 is 23.5 Å². The molecule has 1 saturated heterocycles. The maximum Gasteiger partial charge on any atom is 0.414 e. The monoisotopic (exact) mass is 475 g/mol. The molecule has 1 fully saturated rings. The minimum Gasteiger partial charge on any atom is -0.497 e. The maximum atomic E-state index is 12.6. The summed E-state index contributed by atoms with van der Waals surface area (Å²) >= 11 is 0. The molecule has 0 aliphatic carbocycles. The maximum absolute atomic E-state index is 12.6. The Hall–Kier alpha value is -4.19. The highest BCUT2D eigenvalue weighted by atomic mass is 16.6. The summed E-state index contributed by atoms with van der Waals surface area (Å²) in [5, 5.41) is 25.5. The quantitative estimate of drug-likeness (QED) is 0.358. The minimum atomic E-state index is -1.82. The van der Waals surface area contributed by atoms with Gasteiger partial charge in [-0.25, -0.2) is 9.59 Å². The molecule has 0 atom stereocenters. The van der Waals surface area contributed by atoms with E-state index in [-0.39, 0.29) is 11.6 Å². The van der Waals surface area contributed by atoms with E-state index in [1.54, 1.807) is 19.1 Å². The Morgan fingerprint density at radius 1 is 0.941 bits per heavy atom. The summed E-state index contributed by atoms with van der Waals surface area (Å²) < 4.78 is 10.7. The first kappa shape index (κ1) is 26.1. The lowest BCUT2D eigenvalue weighted by atomic mass is 10.1. The summed E-state index contributed by atoms with van der Waals surface area (Å²) in [6, 6.07) is 11.5. The molecular weight excluding hydrogens is 450 g/mol. The van der Waals surface area contributed by atoms with Crippen LogP contribution < -0.4 is 9.47 Å². The zero-order valence-electron chi connectivity index (χ0n) is 18.7. The van der Waals surface area contributed by atoms with Crippen LogP contribution in [0.4, 0.5) is 5.69 Å². The number of nitro benzene ring substituents is 1. The Kier molecular flexibility index (Phi) is 9.32. The second-order valence-corrected chi connectivity index (χ2v) is 7.16. The van der Waals surface area contributed by atoms with Gasteiger partial charge in [-0.15, -0.1) is 0 Å². The lowest BCUT2D eigenvalue weighted by molar-refractivity contribution is -0.384. The number of hydrogen-bond donors (Lipinski definition) is 2. The summed E-state index contributed by atoms with van der Waals surface area (Å²) in [6.45, 7) is 3.43. The smallest absolute Gasteiger partial charge is 0.414 e. The van der Waals surface area contributed by atoms with Crippen LogP contribution in [0.2, 0.25) is 0 Å². The van der Waals surface area contributed by atoms with Crippen molar-refractivity contribution in [3.8, 4) is 11.5 Å². The molecule has 34 heavy (non-hydrogen) atoms. The van der Waals surface area contributed by atoms with Crippen LogP contribution in [0.3, 0.4) is 0 Å². The van der Waals surface area contributed by atoms with E-state index in [2.05, 4.69) is 4.90 Å². The number of nitro groups is 1. The number of nitrogens with zero attached hydrogens (tertiary/aromatic N) is 3. The fourth-order valence-corrected chi connectivity index (χ4v) is 3.24. The van der Waals surface area contributed by atoms with E-state index in [0.29, 0.717) is 18.7 Å². The summed E-state index contributed by atoms with van der Waals surface area (Å²) in [5.74, 6) is -2.22. The second kappa shape index (κ2) is 12.2. The van der Waals surface area contributed by atoms with Crippen molar-refractivity contribution in [3.05, 3.63) is 63.7 Å². The second-order valence-electron chi connectivity index (χ2n) is 7.16. The van der Waals surface area contributed by atoms with Crippen LogP contribution >= 0.6 is 0 Å². The Labute approximate surface area is 195 Å². The number of hydrogen-bond acceptors (Lipinski definition) is 8. The third kappa shape index (κ3) is 7.17. The minimum absolute atomic E-state index is 0.0187. The van der Waals surface area contributed by atoms with E-state index in [4.69, 9.17) is 29.3 Å². The largest absolute Gasteiger partial charge is 0.497 e. The Balaban J connectivity index is 0.000000604. The van der Waals surface area contributed by atoms with Gasteiger partial charge in [-0.1, -0.05) is 6.07 Å². The highest BCUT2D eigenvalue weighted by Gasteiger charge is 2.23. The van der Waals surface area contributed by atoms with Crippen LogP contribution in [-0.4, -0.2) is 83.2 Å². The molecule has 0 saturated carbocycles. The van der Waals surface area contributed by atoms with Crippen molar-refractivity contribution in [2.24, 2.45) is 0 Å². The highest BCUT2D eigenvalue weighted by molar-refractivity contribution is 6.27.